The summed E-state index contributed by atoms with van der Waals surface area (Å²) in [6, 6.07) is 13.0. The fourth-order valence-corrected chi connectivity index (χ4v) is 3.42. The second kappa shape index (κ2) is 11.9. The maximum Gasteiger partial charge on any atom is 0.414 e. The summed E-state index contributed by atoms with van der Waals surface area (Å²) in [5.41, 5.74) is 1.72. The van der Waals surface area contributed by atoms with E-state index in [0.717, 1.165) is 36.7 Å². The van der Waals surface area contributed by atoms with Gasteiger partial charge in [0, 0.05) is 48.9 Å². The van der Waals surface area contributed by atoms with Crippen molar-refractivity contribution in [3.8, 4) is 11.5 Å². The van der Waals surface area contributed by atoms with E-state index in [-0.39, 0.29) is 5.91 Å². The molecule has 3 rings (SSSR count). The highest BCUT2D eigenvalue weighted by Gasteiger charge is 2.23. The van der Waals surface area contributed by atoms with E-state index < -0.39 is 11.9 Å². The lowest BCUT2D eigenvalue weighted by atomic mass is 10.1. The van der Waals surface area contributed by atoms with Gasteiger partial charge >= 0.3 is 11.9 Å². The number of hydrogen-bond acceptors (Lipinski definition) is 6. The lowest BCUT2D eigenvalue weighted by molar-refractivity contribution is -0.159. The van der Waals surface area contributed by atoms with E-state index in [1.807, 2.05) is 29.2 Å². The molecule has 1 fully saturated rings. The molecule has 1 amide bonds. The van der Waals surface area contributed by atoms with Crippen LogP contribution in [0.25, 0.3) is 0 Å². The highest BCUT2D eigenvalue weighted by atomic mass is 35.5. The number of amides is 1. The Morgan fingerprint density at radius 3 is 2.09 bits per heavy atom. The molecule has 0 radical (unpaired) electrons. The van der Waals surface area contributed by atoms with Crippen molar-refractivity contribution in [3.05, 3.63) is 58.6 Å². The molecule has 172 valence electrons. The number of piperazine rings is 1. The van der Waals surface area contributed by atoms with Gasteiger partial charge in [-0.05, 0) is 24.3 Å². The van der Waals surface area contributed by atoms with Crippen LogP contribution < -0.4 is 9.47 Å². The smallest absolute Gasteiger partial charge is 0.414 e. The maximum atomic E-state index is 12.6. The maximum absolute atomic E-state index is 12.6. The molecule has 0 unspecified atom stereocenters. The van der Waals surface area contributed by atoms with Crippen LogP contribution in [0.1, 0.15) is 15.9 Å². The normalized spacial score (nSPS) is 13.5. The van der Waals surface area contributed by atoms with Crippen LogP contribution in [0.4, 0.5) is 0 Å². The van der Waals surface area contributed by atoms with Crippen molar-refractivity contribution < 1.29 is 34.1 Å². The lowest BCUT2D eigenvalue weighted by Gasteiger charge is -2.35. The molecule has 32 heavy (non-hydrogen) atoms. The number of aliphatic carboxylic acids is 2. The van der Waals surface area contributed by atoms with Crippen molar-refractivity contribution in [2.75, 3.05) is 40.4 Å². The molecule has 0 aliphatic carbocycles. The molecule has 10 heteroatoms. The average Bonchev–Trinajstić information content (AvgIpc) is 2.79. The molecule has 2 N–H and O–H groups in total. The Hall–Kier alpha value is -3.30. The highest BCUT2D eigenvalue weighted by molar-refractivity contribution is 6.31. The van der Waals surface area contributed by atoms with Gasteiger partial charge in [0.25, 0.3) is 5.91 Å². The van der Waals surface area contributed by atoms with Gasteiger partial charge in [0.2, 0.25) is 0 Å². The van der Waals surface area contributed by atoms with Crippen molar-refractivity contribution in [3.63, 3.8) is 0 Å². The van der Waals surface area contributed by atoms with Crippen molar-refractivity contribution in [2.45, 2.75) is 6.54 Å². The van der Waals surface area contributed by atoms with Gasteiger partial charge in [0.1, 0.15) is 0 Å². The average molecular weight is 465 g/mol. The van der Waals surface area contributed by atoms with Crippen LogP contribution in [-0.2, 0) is 16.1 Å². The Morgan fingerprint density at radius 1 is 0.938 bits per heavy atom. The summed E-state index contributed by atoms with van der Waals surface area (Å²) in [6.07, 6.45) is 0. The summed E-state index contributed by atoms with van der Waals surface area (Å²) in [6.45, 7) is 3.77. The van der Waals surface area contributed by atoms with E-state index in [2.05, 4.69) is 4.90 Å². The van der Waals surface area contributed by atoms with Crippen molar-refractivity contribution in [1.29, 1.82) is 0 Å². The minimum absolute atomic E-state index is 0.0334. The van der Waals surface area contributed by atoms with E-state index in [1.165, 1.54) is 0 Å². The lowest BCUT2D eigenvalue weighted by Crippen LogP contribution is -2.48. The molecule has 1 heterocycles. The molecule has 0 bridgehead atoms. The number of carboxylic acids is 2. The molecular weight excluding hydrogens is 440 g/mol. The second-order valence-electron chi connectivity index (χ2n) is 6.84. The SMILES string of the molecule is COc1cccc(CN2CCN(C(=O)c3cccc(Cl)c3)CC2)c1OC.O=C(O)C(=O)O. The number of benzene rings is 2. The minimum Gasteiger partial charge on any atom is -0.493 e. The van der Waals surface area contributed by atoms with Gasteiger partial charge in [-0.25, -0.2) is 9.59 Å². The Kier molecular flexibility index (Phi) is 9.30. The summed E-state index contributed by atoms with van der Waals surface area (Å²) in [5.74, 6) is -2.11. The van der Waals surface area contributed by atoms with E-state index in [1.54, 1.807) is 32.4 Å². The predicted molar refractivity (Wildman–Crippen MR) is 117 cm³/mol. The van der Waals surface area contributed by atoms with Crippen LogP contribution in [-0.4, -0.2) is 78.3 Å². The number of carbonyl (C=O) groups excluding carboxylic acids is 1. The summed E-state index contributed by atoms with van der Waals surface area (Å²) in [7, 11) is 3.30. The fraction of sp³-hybridized carbons (Fsp3) is 0.318. The Labute approximate surface area is 190 Å². The summed E-state index contributed by atoms with van der Waals surface area (Å²) < 4.78 is 10.9. The number of methoxy groups -OCH3 is 2. The predicted octanol–water partition coefficient (Wildman–Crippen LogP) is 2.47. The molecule has 0 atom stereocenters. The Bertz CT molecular complexity index is 947. The third-order valence-electron chi connectivity index (χ3n) is 4.79. The third-order valence-corrected chi connectivity index (χ3v) is 5.03. The monoisotopic (exact) mass is 464 g/mol. The summed E-state index contributed by atoms with van der Waals surface area (Å²) in [4.78, 5) is 35.0. The van der Waals surface area contributed by atoms with Gasteiger partial charge < -0.3 is 24.6 Å². The zero-order valence-corrected chi connectivity index (χ0v) is 18.5. The van der Waals surface area contributed by atoms with Gasteiger partial charge in [0.15, 0.2) is 11.5 Å². The first kappa shape index (κ1) is 25.0. The largest absolute Gasteiger partial charge is 0.493 e. The van der Waals surface area contributed by atoms with Crippen molar-refractivity contribution in [1.82, 2.24) is 9.80 Å². The van der Waals surface area contributed by atoms with E-state index in [9.17, 15) is 4.79 Å². The van der Waals surface area contributed by atoms with Crippen LogP contribution in [0.15, 0.2) is 42.5 Å². The first-order valence-electron chi connectivity index (χ1n) is 9.70. The number of rotatable bonds is 5. The van der Waals surface area contributed by atoms with E-state index >= 15 is 0 Å². The zero-order chi connectivity index (χ0) is 23.7. The Morgan fingerprint density at radius 2 is 1.56 bits per heavy atom. The molecule has 2 aromatic carbocycles. The first-order chi connectivity index (χ1) is 15.3. The molecule has 1 saturated heterocycles. The number of halogens is 1. The van der Waals surface area contributed by atoms with Gasteiger partial charge in [-0.2, -0.15) is 0 Å². The highest BCUT2D eigenvalue weighted by Crippen LogP contribution is 2.31. The molecule has 9 nitrogen and oxygen atoms in total. The van der Waals surface area contributed by atoms with Crippen LogP contribution in [0.2, 0.25) is 5.02 Å². The number of nitrogens with zero attached hydrogens (tertiary/aromatic N) is 2. The van der Waals surface area contributed by atoms with Gasteiger partial charge in [0.05, 0.1) is 14.2 Å². The van der Waals surface area contributed by atoms with Gasteiger partial charge in [-0.1, -0.05) is 29.8 Å². The molecular formula is C22H25ClN2O7. The van der Waals surface area contributed by atoms with Crippen molar-refractivity contribution in [2.24, 2.45) is 0 Å². The molecule has 1 aliphatic heterocycles. The standard InChI is InChI=1S/C20H23ClN2O3.C2H2O4/c1-25-18-8-4-6-16(19(18)26-2)14-22-9-11-23(12-10-22)20(24)15-5-3-7-17(21)13-15;3-1(4)2(5)6/h3-8,13H,9-12,14H2,1-2H3;(H,3,4)(H,5,6). The van der Waals surface area contributed by atoms with Crippen molar-refractivity contribution >= 4 is 29.4 Å². The molecule has 0 spiro atoms. The third kappa shape index (κ3) is 6.86. The molecule has 0 saturated carbocycles. The number of carbonyl (C=O) groups is 3. The number of carboxylic acid groups (broad SMARTS) is 2. The van der Waals surface area contributed by atoms with Crippen LogP contribution in [0.3, 0.4) is 0 Å². The zero-order valence-electron chi connectivity index (χ0n) is 17.8. The van der Waals surface area contributed by atoms with Crippen LogP contribution >= 0.6 is 11.6 Å². The molecule has 0 aromatic heterocycles. The van der Waals surface area contributed by atoms with Gasteiger partial charge in [-0.15, -0.1) is 0 Å². The Balaban J connectivity index is 0.000000534. The number of para-hydroxylation sites is 1. The minimum atomic E-state index is -1.82. The van der Waals surface area contributed by atoms with E-state index in [4.69, 9.17) is 40.9 Å². The first-order valence-corrected chi connectivity index (χ1v) is 10.1. The number of ether oxygens (including phenoxy) is 2. The van der Waals surface area contributed by atoms with Crippen LogP contribution in [0, 0.1) is 0 Å². The van der Waals surface area contributed by atoms with Crippen LogP contribution in [0.5, 0.6) is 11.5 Å². The molecule has 2 aromatic rings. The second-order valence-corrected chi connectivity index (χ2v) is 7.28. The fourth-order valence-electron chi connectivity index (χ4n) is 3.23. The molecule has 1 aliphatic rings. The summed E-state index contributed by atoms with van der Waals surface area (Å²) >= 11 is 5.99. The quantitative estimate of drug-likeness (QED) is 0.648. The topological polar surface area (TPSA) is 117 Å². The number of hydrogen-bond donors (Lipinski definition) is 2. The van der Waals surface area contributed by atoms with E-state index in [0.29, 0.717) is 23.7 Å². The van der Waals surface area contributed by atoms with Gasteiger partial charge in [-0.3, -0.25) is 9.69 Å². The summed E-state index contributed by atoms with van der Waals surface area (Å²) in [5, 5.41) is 15.4.